The molecule has 0 amide bonds. The lowest BCUT2D eigenvalue weighted by Gasteiger charge is -2.42. The molecule has 90 valence electrons. The molecule has 3 fully saturated rings. The van der Waals surface area contributed by atoms with Crippen molar-refractivity contribution >= 4 is 78.5 Å². The van der Waals surface area contributed by atoms with Gasteiger partial charge < -0.3 is 9.47 Å². The van der Waals surface area contributed by atoms with Crippen molar-refractivity contribution < 1.29 is 9.47 Å². The summed E-state index contributed by atoms with van der Waals surface area (Å²) in [4.78, 5) is 0. The third-order valence-corrected chi connectivity index (χ3v) is 7.51. The predicted octanol–water partition coefficient (Wildman–Crippen LogP) is -9.47. The Morgan fingerprint density at radius 2 is 0.632 bits per heavy atom. The highest BCUT2D eigenvalue weighted by Gasteiger charge is 2.94. The van der Waals surface area contributed by atoms with Gasteiger partial charge in [-0.3, -0.25) is 0 Å². The topological polar surface area (TPSA) is 25.1 Å². The molecule has 1 saturated carbocycles. The molecule has 12 heteroatoms. The van der Waals surface area contributed by atoms with E-state index in [0.29, 0.717) is 0 Å². The molecule has 2 saturated heterocycles. The molecule has 19 heavy (non-hydrogen) atoms. The summed E-state index contributed by atoms with van der Waals surface area (Å²) < 4.78 is 12.8. The first-order valence-corrected chi connectivity index (χ1v) is 7.57. The number of epoxide rings is 2. The van der Waals surface area contributed by atoms with Crippen LogP contribution in [0, 0.1) is 0 Å². The maximum absolute atomic E-state index is 6.41. The van der Waals surface area contributed by atoms with Crippen LogP contribution in [0.2, 0.25) is 15.6 Å². The Morgan fingerprint density at radius 1 is 0.421 bits per heavy atom. The minimum absolute atomic E-state index is 0. The van der Waals surface area contributed by atoms with E-state index in [1.165, 1.54) is 0 Å². The molecule has 0 radical (unpaired) electrons. The maximum Gasteiger partial charge on any atom is 0.135 e. The van der Waals surface area contributed by atoms with Gasteiger partial charge in [0, 0.05) is 10.8 Å². The summed E-state index contributed by atoms with van der Waals surface area (Å²) in [6.07, 6.45) is 0. The minimum atomic E-state index is -0.107. The smallest absolute Gasteiger partial charge is 0.135 e. The zero-order valence-corrected chi connectivity index (χ0v) is 14.3. The fourth-order valence-electron chi connectivity index (χ4n) is 6.93. The molecular weight excluding hydrogens is 224 g/mol. The quantitative estimate of drug-likeness (QED) is 0.312. The molecule has 1 aliphatic carbocycles. The van der Waals surface area contributed by atoms with E-state index in [9.17, 15) is 0 Å². The normalized spacial score (nSPS) is 49.1. The zero-order chi connectivity index (χ0) is 14.9. The van der Waals surface area contributed by atoms with Crippen molar-refractivity contribution in [2.45, 2.75) is 37.6 Å². The summed E-state index contributed by atoms with van der Waals surface area (Å²) in [7, 11) is 23.1. The van der Waals surface area contributed by atoms with Gasteiger partial charge in [-0.15, -0.1) is 0 Å². The second kappa shape index (κ2) is 2.89. The molecule has 0 aromatic carbocycles. The molecule has 0 bridgehead atoms. The van der Waals surface area contributed by atoms with Gasteiger partial charge in [0.2, 0.25) is 0 Å². The van der Waals surface area contributed by atoms with Gasteiger partial charge in [-0.05, 0) is 5.21 Å². The Bertz CT molecular complexity index is 444. The third-order valence-electron chi connectivity index (χ3n) is 7.51. The fourth-order valence-corrected chi connectivity index (χ4v) is 6.93. The summed E-state index contributed by atoms with van der Waals surface area (Å²) >= 11 is 0. The first kappa shape index (κ1) is 14.5. The molecule has 3 aliphatic rings. The fraction of sp³-hybridized carbons (Fsp3) is 1.00. The number of rotatable bonds is 0. The molecule has 0 aromatic rings. The molecule has 2 unspecified atom stereocenters. The second-order valence-electron chi connectivity index (χ2n) is 9.46. The Hall–Kier alpha value is 0.569. The standard InChI is InChI=1S/C7H20B10O2/c8-3(9)1(6(14,15)18-1)4(10,11)5(12,13)2(3)7(16,17)19-2/h8-17H2. The van der Waals surface area contributed by atoms with Gasteiger partial charge >= 0.3 is 0 Å². The summed E-state index contributed by atoms with van der Waals surface area (Å²) in [5.41, 5.74) is -0.214. The van der Waals surface area contributed by atoms with E-state index in [1.54, 1.807) is 0 Å². The van der Waals surface area contributed by atoms with Crippen LogP contribution >= 0.6 is 0 Å². The molecular formula is C7H20B10O2. The summed E-state index contributed by atoms with van der Waals surface area (Å²) in [5, 5.41) is 0.00708. The lowest BCUT2D eigenvalue weighted by Crippen LogP contribution is -2.49. The number of hydrogen-bond donors (Lipinski definition) is 0. The van der Waals surface area contributed by atoms with Gasteiger partial charge in [0.1, 0.15) is 78.5 Å². The molecule has 2 spiro atoms. The van der Waals surface area contributed by atoms with Crippen LogP contribution in [0.15, 0.2) is 0 Å². The van der Waals surface area contributed by atoms with E-state index < -0.39 is 0 Å². The van der Waals surface area contributed by atoms with E-state index in [2.05, 4.69) is 78.5 Å². The highest BCUT2D eigenvalue weighted by Crippen LogP contribution is 2.90. The first-order valence-electron chi connectivity index (χ1n) is 7.57. The van der Waals surface area contributed by atoms with Gasteiger partial charge in [0.25, 0.3) is 0 Å². The van der Waals surface area contributed by atoms with Crippen molar-refractivity contribution in [2.75, 3.05) is 0 Å². The summed E-state index contributed by atoms with van der Waals surface area (Å²) in [5.74, 6) is 0. The predicted molar refractivity (Wildman–Crippen MR) is 107 cm³/mol. The third kappa shape index (κ3) is 0.995. The molecule has 2 nitrogen and oxygen atoms in total. The molecule has 3 rings (SSSR count). The van der Waals surface area contributed by atoms with Crippen LogP contribution in [0.4, 0.5) is 0 Å². The Balaban J connectivity index is 2.29. The van der Waals surface area contributed by atoms with E-state index in [-0.39, 0.29) is 37.6 Å². The largest absolute Gasteiger partial charge is 0.384 e. The monoisotopic (exact) mass is 246 g/mol. The van der Waals surface area contributed by atoms with Crippen molar-refractivity contribution in [1.82, 2.24) is 0 Å². The van der Waals surface area contributed by atoms with Crippen molar-refractivity contribution in [1.29, 1.82) is 0 Å². The average molecular weight is 244 g/mol. The lowest BCUT2D eigenvalue weighted by atomic mass is 9.25. The van der Waals surface area contributed by atoms with Gasteiger partial charge in [-0.1, -0.05) is 10.4 Å². The van der Waals surface area contributed by atoms with Crippen molar-refractivity contribution in [3.63, 3.8) is 0 Å². The van der Waals surface area contributed by atoms with Gasteiger partial charge in [0.15, 0.2) is 0 Å². The second-order valence-corrected chi connectivity index (χ2v) is 9.46. The number of hydrogen-bond acceptors (Lipinski definition) is 2. The molecule has 2 heterocycles. The highest BCUT2D eigenvalue weighted by molar-refractivity contribution is 6.64. The summed E-state index contributed by atoms with van der Waals surface area (Å²) in [6.45, 7) is 0. The zero-order valence-electron chi connectivity index (χ0n) is 14.3. The van der Waals surface area contributed by atoms with Crippen LogP contribution < -0.4 is 0 Å². The van der Waals surface area contributed by atoms with Crippen LogP contribution in [0.3, 0.4) is 0 Å². The maximum atomic E-state index is 6.41. The average Bonchev–Trinajstić information content (AvgIpc) is 2.96. The van der Waals surface area contributed by atoms with E-state index >= 15 is 0 Å². The molecule has 0 N–H and O–H groups in total. The van der Waals surface area contributed by atoms with Crippen LogP contribution in [-0.2, 0) is 9.47 Å². The Kier molecular flexibility index (Phi) is 2.20. The van der Waals surface area contributed by atoms with Gasteiger partial charge in [-0.2, -0.15) is 0 Å². The van der Waals surface area contributed by atoms with E-state index in [0.717, 1.165) is 0 Å². The van der Waals surface area contributed by atoms with Crippen LogP contribution in [0.25, 0.3) is 0 Å². The van der Waals surface area contributed by atoms with Crippen molar-refractivity contribution in [3.05, 3.63) is 0 Å². The van der Waals surface area contributed by atoms with Crippen LogP contribution in [0.5, 0.6) is 0 Å². The van der Waals surface area contributed by atoms with Gasteiger partial charge in [-0.25, -0.2) is 0 Å². The van der Waals surface area contributed by atoms with Crippen LogP contribution in [0.1, 0.15) is 0 Å². The first-order chi connectivity index (χ1) is 8.16. The lowest BCUT2D eigenvalue weighted by molar-refractivity contribution is 0.239. The highest BCUT2D eigenvalue weighted by atomic mass is 16.7. The molecule has 0 aromatic heterocycles. The minimum Gasteiger partial charge on any atom is -0.384 e. The Labute approximate surface area is 126 Å². The van der Waals surface area contributed by atoms with E-state index in [4.69, 9.17) is 9.47 Å². The SMILES string of the molecule is BC1(B)OC12C(B)(B)C(B)(B)C1(OC1(B)B)C2(B)B. The molecule has 2 atom stereocenters. The van der Waals surface area contributed by atoms with Gasteiger partial charge in [0.05, 0.1) is 11.2 Å². The van der Waals surface area contributed by atoms with Crippen molar-refractivity contribution in [2.24, 2.45) is 0 Å². The number of ether oxygens (including phenoxy) is 2. The van der Waals surface area contributed by atoms with E-state index in [1.807, 2.05) is 0 Å². The Morgan fingerprint density at radius 3 is 0.737 bits per heavy atom. The molecule has 2 aliphatic heterocycles. The van der Waals surface area contributed by atoms with Crippen LogP contribution in [-0.4, -0.2) is 100 Å². The van der Waals surface area contributed by atoms with Crippen molar-refractivity contribution in [3.8, 4) is 0 Å². The summed E-state index contributed by atoms with van der Waals surface area (Å²) in [6, 6.07) is 0.